The SMILES string of the molecule is CCCN1CCC(NC(=NCCCCN2CCN(Cc3ccccc3)CC2)NCC)CC1.I. The number of aliphatic imine (C=N–C) groups is 1. The standard InChI is InChI=1S/C26H46N6.HI/c1-3-15-30-17-12-25(13-18-30)29-26(27-4-2)28-14-8-9-16-31-19-21-32(22-20-31)23-24-10-6-5-7-11-24;/h5-7,10-11,25H,3-4,8-9,12-23H2,1-2H3,(H2,27,28,29);1H. The average molecular weight is 571 g/mol. The molecule has 1 aromatic carbocycles. The minimum atomic E-state index is 0. The lowest BCUT2D eigenvalue weighted by Crippen LogP contribution is -2.48. The Morgan fingerprint density at radius 2 is 1.55 bits per heavy atom. The van der Waals surface area contributed by atoms with Crippen LogP contribution in [0.1, 0.15) is 51.5 Å². The molecule has 3 rings (SSSR count). The van der Waals surface area contributed by atoms with E-state index in [1.165, 1.54) is 83.6 Å². The normalized spacial score (nSPS) is 19.3. The Kier molecular flexibility index (Phi) is 14.3. The lowest BCUT2D eigenvalue weighted by Gasteiger charge is -2.34. The van der Waals surface area contributed by atoms with Crippen LogP contribution in [0, 0.1) is 0 Å². The van der Waals surface area contributed by atoms with Gasteiger partial charge in [0.2, 0.25) is 0 Å². The number of likely N-dealkylation sites (tertiary alicyclic amines) is 1. The summed E-state index contributed by atoms with van der Waals surface area (Å²) in [7, 11) is 0. The van der Waals surface area contributed by atoms with E-state index in [1.54, 1.807) is 0 Å². The molecule has 0 aliphatic carbocycles. The van der Waals surface area contributed by atoms with Crippen molar-refractivity contribution in [2.45, 2.75) is 58.5 Å². The van der Waals surface area contributed by atoms with E-state index in [0.717, 1.165) is 32.0 Å². The van der Waals surface area contributed by atoms with Crippen LogP contribution in [0.3, 0.4) is 0 Å². The molecule has 0 radical (unpaired) electrons. The topological polar surface area (TPSA) is 46.1 Å². The van der Waals surface area contributed by atoms with Gasteiger partial charge in [-0.15, -0.1) is 24.0 Å². The van der Waals surface area contributed by atoms with E-state index in [9.17, 15) is 0 Å². The fraction of sp³-hybridized carbons (Fsp3) is 0.731. The number of piperidine rings is 1. The zero-order valence-corrected chi connectivity index (χ0v) is 23.3. The molecule has 0 amide bonds. The van der Waals surface area contributed by atoms with E-state index in [1.807, 2.05) is 0 Å². The Labute approximate surface area is 219 Å². The molecule has 33 heavy (non-hydrogen) atoms. The highest BCUT2D eigenvalue weighted by Gasteiger charge is 2.19. The van der Waals surface area contributed by atoms with Gasteiger partial charge in [0, 0.05) is 64.9 Å². The summed E-state index contributed by atoms with van der Waals surface area (Å²) in [6, 6.07) is 11.4. The van der Waals surface area contributed by atoms with Crippen LogP contribution in [0.4, 0.5) is 0 Å². The second kappa shape index (κ2) is 16.7. The Balaban J connectivity index is 0.00000385. The molecule has 0 atom stereocenters. The van der Waals surface area contributed by atoms with Gasteiger partial charge >= 0.3 is 0 Å². The van der Waals surface area contributed by atoms with Crippen LogP contribution in [0.25, 0.3) is 0 Å². The van der Waals surface area contributed by atoms with Gasteiger partial charge in [0.05, 0.1) is 0 Å². The molecule has 2 N–H and O–H groups in total. The third-order valence-electron chi connectivity index (χ3n) is 6.68. The third-order valence-corrected chi connectivity index (χ3v) is 6.68. The van der Waals surface area contributed by atoms with Gasteiger partial charge in [-0.2, -0.15) is 0 Å². The number of hydrogen-bond donors (Lipinski definition) is 2. The maximum absolute atomic E-state index is 4.86. The molecule has 2 heterocycles. The molecule has 0 bridgehead atoms. The minimum absolute atomic E-state index is 0. The first-order valence-electron chi connectivity index (χ1n) is 13.0. The van der Waals surface area contributed by atoms with Gasteiger partial charge in [-0.3, -0.25) is 9.89 Å². The van der Waals surface area contributed by atoms with Gasteiger partial charge in [-0.1, -0.05) is 37.3 Å². The van der Waals surface area contributed by atoms with Gasteiger partial charge in [-0.25, -0.2) is 0 Å². The molecule has 0 spiro atoms. The van der Waals surface area contributed by atoms with Crippen molar-refractivity contribution in [3.63, 3.8) is 0 Å². The number of piperazine rings is 1. The molecule has 0 aromatic heterocycles. The van der Waals surface area contributed by atoms with Crippen molar-refractivity contribution < 1.29 is 0 Å². The summed E-state index contributed by atoms with van der Waals surface area (Å²) in [5, 5.41) is 7.12. The summed E-state index contributed by atoms with van der Waals surface area (Å²) in [6.45, 7) is 17.0. The van der Waals surface area contributed by atoms with Crippen molar-refractivity contribution in [1.82, 2.24) is 25.3 Å². The number of benzene rings is 1. The van der Waals surface area contributed by atoms with E-state index < -0.39 is 0 Å². The predicted molar refractivity (Wildman–Crippen MR) is 152 cm³/mol. The Bertz CT molecular complexity index is 639. The summed E-state index contributed by atoms with van der Waals surface area (Å²) in [6.07, 6.45) is 6.10. The van der Waals surface area contributed by atoms with Crippen molar-refractivity contribution in [2.24, 2.45) is 4.99 Å². The number of rotatable bonds is 11. The lowest BCUT2D eigenvalue weighted by atomic mass is 10.1. The summed E-state index contributed by atoms with van der Waals surface area (Å²) in [4.78, 5) is 12.6. The molecule has 188 valence electrons. The molecule has 2 saturated heterocycles. The molecule has 0 saturated carbocycles. The number of unbranched alkanes of at least 4 members (excludes halogenated alkanes) is 1. The molecular weight excluding hydrogens is 523 g/mol. The molecule has 2 fully saturated rings. The fourth-order valence-electron chi connectivity index (χ4n) is 4.78. The smallest absolute Gasteiger partial charge is 0.191 e. The van der Waals surface area contributed by atoms with Gasteiger partial charge in [0.25, 0.3) is 0 Å². The number of nitrogens with zero attached hydrogens (tertiary/aromatic N) is 4. The van der Waals surface area contributed by atoms with E-state index in [-0.39, 0.29) is 24.0 Å². The fourth-order valence-corrected chi connectivity index (χ4v) is 4.78. The highest BCUT2D eigenvalue weighted by molar-refractivity contribution is 14.0. The summed E-state index contributed by atoms with van der Waals surface area (Å²) in [5.74, 6) is 1.01. The maximum atomic E-state index is 4.86. The molecule has 1 aromatic rings. The molecule has 6 nitrogen and oxygen atoms in total. The van der Waals surface area contributed by atoms with Gasteiger partial charge in [0.1, 0.15) is 0 Å². The van der Waals surface area contributed by atoms with Crippen molar-refractivity contribution in [3.8, 4) is 0 Å². The largest absolute Gasteiger partial charge is 0.357 e. The molecule has 2 aliphatic rings. The summed E-state index contributed by atoms with van der Waals surface area (Å²) in [5.41, 5.74) is 1.43. The second-order valence-corrected chi connectivity index (χ2v) is 9.33. The van der Waals surface area contributed by atoms with E-state index in [0.29, 0.717) is 6.04 Å². The molecule has 2 aliphatic heterocycles. The maximum Gasteiger partial charge on any atom is 0.191 e. The third kappa shape index (κ3) is 10.9. The summed E-state index contributed by atoms with van der Waals surface area (Å²) >= 11 is 0. The number of guanidine groups is 1. The monoisotopic (exact) mass is 570 g/mol. The first kappa shape index (κ1) is 28.3. The second-order valence-electron chi connectivity index (χ2n) is 9.33. The minimum Gasteiger partial charge on any atom is -0.357 e. The molecule has 0 unspecified atom stereocenters. The molecular formula is C26H47IN6. The Morgan fingerprint density at radius 1 is 0.879 bits per heavy atom. The lowest BCUT2D eigenvalue weighted by molar-refractivity contribution is 0.126. The van der Waals surface area contributed by atoms with E-state index >= 15 is 0 Å². The zero-order chi connectivity index (χ0) is 22.4. The van der Waals surface area contributed by atoms with Crippen molar-refractivity contribution in [1.29, 1.82) is 0 Å². The van der Waals surface area contributed by atoms with Crippen LogP contribution in [0.15, 0.2) is 35.3 Å². The van der Waals surface area contributed by atoms with Crippen molar-refractivity contribution in [2.75, 3.05) is 65.4 Å². The van der Waals surface area contributed by atoms with Crippen LogP contribution in [-0.4, -0.2) is 92.1 Å². The highest BCUT2D eigenvalue weighted by atomic mass is 127. The first-order valence-corrected chi connectivity index (χ1v) is 13.0. The van der Waals surface area contributed by atoms with Crippen LogP contribution in [-0.2, 0) is 6.54 Å². The van der Waals surface area contributed by atoms with Crippen molar-refractivity contribution >= 4 is 29.9 Å². The van der Waals surface area contributed by atoms with Gasteiger partial charge < -0.3 is 20.4 Å². The first-order chi connectivity index (χ1) is 15.8. The van der Waals surface area contributed by atoms with E-state index in [4.69, 9.17) is 4.99 Å². The van der Waals surface area contributed by atoms with Crippen LogP contribution in [0.2, 0.25) is 0 Å². The Hall–Kier alpha value is -0.900. The van der Waals surface area contributed by atoms with Gasteiger partial charge in [-0.05, 0) is 57.7 Å². The van der Waals surface area contributed by atoms with Crippen molar-refractivity contribution in [3.05, 3.63) is 35.9 Å². The van der Waals surface area contributed by atoms with Gasteiger partial charge in [0.15, 0.2) is 5.96 Å². The Morgan fingerprint density at radius 3 is 2.21 bits per heavy atom. The summed E-state index contributed by atoms with van der Waals surface area (Å²) < 4.78 is 0. The number of nitrogens with one attached hydrogen (secondary N) is 2. The predicted octanol–water partition coefficient (Wildman–Crippen LogP) is 3.63. The average Bonchev–Trinajstić information content (AvgIpc) is 2.82. The number of halogens is 1. The van der Waals surface area contributed by atoms with Crippen LogP contribution >= 0.6 is 24.0 Å². The zero-order valence-electron chi connectivity index (χ0n) is 21.0. The number of hydrogen-bond acceptors (Lipinski definition) is 4. The van der Waals surface area contributed by atoms with Crippen LogP contribution < -0.4 is 10.6 Å². The quantitative estimate of drug-likeness (QED) is 0.184. The highest BCUT2D eigenvalue weighted by Crippen LogP contribution is 2.11. The molecule has 7 heteroatoms. The van der Waals surface area contributed by atoms with E-state index in [2.05, 4.69) is 69.5 Å². The van der Waals surface area contributed by atoms with Crippen LogP contribution in [0.5, 0.6) is 0 Å².